The molecule has 0 bridgehead atoms. The second-order valence-corrected chi connectivity index (χ2v) is 1.37. The second-order valence-electron chi connectivity index (χ2n) is 1.37. The monoisotopic (exact) mass is 131 g/mol. The average molecular weight is 131 g/mol. The van der Waals surface area contributed by atoms with Crippen LogP contribution in [0.5, 0.6) is 0 Å². The lowest BCUT2D eigenvalue weighted by atomic mass is 10.5. The molecular weight excluding hydrogens is 125 g/mol. The van der Waals surface area contributed by atoms with Crippen LogP contribution in [0.1, 0.15) is 0 Å². The van der Waals surface area contributed by atoms with Gasteiger partial charge in [-0.1, -0.05) is 4.48 Å². The number of amidine groups is 1. The highest BCUT2D eigenvalue weighted by Crippen LogP contribution is 1.85. The minimum atomic E-state index is 0.145. The highest BCUT2D eigenvalue weighted by atomic mass is 19.2. The third-order valence-corrected chi connectivity index (χ3v) is 0.781. The van der Waals surface area contributed by atoms with Crippen LogP contribution in [0.4, 0.5) is 4.48 Å². The van der Waals surface area contributed by atoms with Crippen molar-refractivity contribution in [2.24, 2.45) is 10.9 Å². The molecule has 1 aliphatic rings. The van der Waals surface area contributed by atoms with Crippen molar-refractivity contribution < 1.29 is 4.48 Å². The van der Waals surface area contributed by atoms with Crippen LogP contribution in [0.25, 0.3) is 0 Å². The lowest BCUT2D eigenvalue weighted by Crippen LogP contribution is -2.45. The van der Waals surface area contributed by atoms with Crippen LogP contribution in [0.15, 0.2) is 17.4 Å². The van der Waals surface area contributed by atoms with Gasteiger partial charge in [-0.2, -0.15) is 5.10 Å². The first-order chi connectivity index (χ1) is 4.33. The van der Waals surface area contributed by atoms with E-state index in [0.29, 0.717) is 0 Å². The van der Waals surface area contributed by atoms with E-state index < -0.39 is 0 Å². The SMILES string of the molecule is N/N=C1\C=CNN(F)N1. The molecule has 1 heterocycles. The number of nitrogens with zero attached hydrogens (tertiary/aromatic N) is 2. The van der Waals surface area contributed by atoms with Crippen molar-refractivity contribution in [1.29, 1.82) is 0 Å². The number of nitrogens with two attached hydrogens (primary N) is 1. The summed E-state index contributed by atoms with van der Waals surface area (Å²) in [4.78, 5) is 0. The average Bonchev–Trinajstić information content (AvgIpc) is 1.88. The van der Waals surface area contributed by atoms with Gasteiger partial charge in [-0.15, -0.1) is 0 Å². The molecule has 0 unspecified atom stereocenters. The van der Waals surface area contributed by atoms with Gasteiger partial charge in [0, 0.05) is 17.6 Å². The molecule has 1 aliphatic heterocycles. The summed E-state index contributed by atoms with van der Waals surface area (Å²) in [6.07, 6.45) is 2.86. The lowest BCUT2D eigenvalue weighted by molar-refractivity contribution is -0.0485. The fourth-order valence-electron chi connectivity index (χ4n) is 0.424. The van der Waals surface area contributed by atoms with Crippen molar-refractivity contribution in [3.63, 3.8) is 0 Å². The van der Waals surface area contributed by atoms with Gasteiger partial charge in [0.1, 0.15) is 0 Å². The molecule has 1 rings (SSSR count). The first kappa shape index (κ1) is 5.83. The minimum Gasteiger partial charge on any atom is -0.321 e. The molecule has 0 aliphatic carbocycles. The van der Waals surface area contributed by atoms with Crippen molar-refractivity contribution in [2.45, 2.75) is 0 Å². The summed E-state index contributed by atoms with van der Waals surface area (Å²) in [5.41, 5.74) is 4.34. The lowest BCUT2D eigenvalue weighted by Gasteiger charge is -2.16. The highest BCUT2D eigenvalue weighted by molar-refractivity contribution is 5.92. The molecule has 0 aromatic rings. The van der Waals surface area contributed by atoms with Gasteiger partial charge in [0.15, 0.2) is 5.84 Å². The van der Waals surface area contributed by atoms with Gasteiger partial charge in [-0.05, 0) is 0 Å². The number of halogens is 1. The van der Waals surface area contributed by atoms with E-state index in [2.05, 4.69) is 16.0 Å². The van der Waals surface area contributed by atoms with Gasteiger partial charge in [0.25, 0.3) is 0 Å². The maximum Gasteiger partial charge on any atom is 0.164 e. The van der Waals surface area contributed by atoms with Crippen LogP contribution in [-0.4, -0.2) is 11.2 Å². The zero-order valence-electron chi connectivity index (χ0n) is 4.50. The molecule has 6 heteroatoms. The van der Waals surface area contributed by atoms with Crippen LogP contribution >= 0.6 is 0 Å². The molecule has 50 valence electrons. The Balaban J connectivity index is 2.60. The molecule has 0 saturated carbocycles. The first-order valence-corrected chi connectivity index (χ1v) is 2.26. The van der Waals surface area contributed by atoms with Crippen molar-refractivity contribution >= 4 is 5.84 Å². The van der Waals surface area contributed by atoms with Crippen molar-refractivity contribution in [3.05, 3.63) is 12.3 Å². The molecule has 5 nitrogen and oxygen atoms in total. The Labute approximate surface area is 50.9 Å². The minimum absolute atomic E-state index is 0.145. The molecule has 4 N–H and O–H groups in total. The summed E-state index contributed by atoms with van der Waals surface area (Å²) in [5, 5.41) is 3.34. The Morgan fingerprint density at radius 1 is 1.78 bits per heavy atom. The van der Waals surface area contributed by atoms with E-state index >= 15 is 0 Å². The highest BCUT2D eigenvalue weighted by Gasteiger charge is 2.04. The molecule has 0 saturated heterocycles. The predicted octanol–water partition coefficient (Wildman–Crippen LogP) is -1.02. The van der Waals surface area contributed by atoms with E-state index in [1.165, 1.54) is 12.3 Å². The summed E-state index contributed by atoms with van der Waals surface area (Å²) in [7, 11) is 0. The number of rotatable bonds is 0. The van der Waals surface area contributed by atoms with Gasteiger partial charge in [0.2, 0.25) is 0 Å². The van der Waals surface area contributed by atoms with E-state index in [-0.39, 0.29) is 11.2 Å². The molecule has 0 amide bonds. The summed E-state index contributed by atoms with van der Waals surface area (Å²) in [6, 6.07) is 0. The van der Waals surface area contributed by atoms with E-state index in [1.54, 1.807) is 0 Å². The molecular formula is C3H6FN5. The predicted molar refractivity (Wildman–Crippen MR) is 30.0 cm³/mol. The molecule has 9 heavy (non-hydrogen) atoms. The number of hydrazine groups is 2. The fourth-order valence-corrected chi connectivity index (χ4v) is 0.424. The van der Waals surface area contributed by atoms with Gasteiger partial charge < -0.3 is 5.84 Å². The smallest absolute Gasteiger partial charge is 0.164 e. The summed E-state index contributed by atoms with van der Waals surface area (Å²) in [5.74, 6) is 5.08. The normalized spacial score (nSPS) is 23.4. The summed E-state index contributed by atoms with van der Waals surface area (Å²) in [6.45, 7) is 0. The third-order valence-electron chi connectivity index (χ3n) is 0.781. The van der Waals surface area contributed by atoms with Crippen molar-refractivity contribution in [2.75, 3.05) is 0 Å². The van der Waals surface area contributed by atoms with Crippen LogP contribution < -0.4 is 16.7 Å². The van der Waals surface area contributed by atoms with Crippen LogP contribution in [0.2, 0.25) is 0 Å². The molecule has 0 radical (unpaired) electrons. The van der Waals surface area contributed by atoms with Crippen LogP contribution in [0.3, 0.4) is 0 Å². The molecule has 0 spiro atoms. The first-order valence-electron chi connectivity index (χ1n) is 2.26. The Hall–Kier alpha value is -1.30. The Morgan fingerprint density at radius 2 is 2.56 bits per heavy atom. The van der Waals surface area contributed by atoms with Gasteiger partial charge >= 0.3 is 0 Å². The van der Waals surface area contributed by atoms with E-state index in [9.17, 15) is 4.48 Å². The van der Waals surface area contributed by atoms with Crippen LogP contribution in [0, 0.1) is 0 Å². The van der Waals surface area contributed by atoms with Gasteiger partial charge in [0.05, 0.1) is 0 Å². The summed E-state index contributed by atoms with van der Waals surface area (Å²) < 4.78 is 12.0. The number of hydrogen-bond acceptors (Lipinski definition) is 4. The largest absolute Gasteiger partial charge is 0.321 e. The van der Waals surface area contributed by atoms with E-state index in [1.807, 2.05) is 0 Å². The zero-order valence-corrected chi connectivity index (χ0v) is 4.50. The molecule has 0 aromatic heterocycles. The quantitative estimate of drug-likeness (QED) is 0.224. The zero-order chi connectivity index (χ0) is 6.69. The molecule has 0 atom stereocenters. The summed E-state index contributed by atoms with van der Waals surface area (Å²) >= 11 is 0. The number of hydrazone groups is 1. The Morgan fingerprint density at radius 3 is 3.00 bits per heavy atom. The van der Waals surface area contributed by atoms with Gasteiger partial charge in [-0.3, -0.25) is 10.9 Å². The molecule has 0 fully saturated rings. The van der Waals surface area contributed by atoms with E-state index in [0.717, 1.165) is 0 Å². The van der Waals surface area contributed by atoms with Crippen molar-refractivity contribution in [3.8, 4) is 0 Å². The maximum absolute atomic E-state index is 12.0. The second kappa shape index (κ2) is 2.31. The topological polar surface area (TPSA) is 65.7 Å². The molecule has 0 aromatic carbocycles. The Kier molecular flexibility index (Phi) is 1.50. The number of hydrogen-bond donors (Lipinski definition) is 3. The number of nitrogens with one attached hydrogen (secondary N) is 2. The fraction of sp³-hybridized carbons (Fsp3) is 0. The maximum atomic E-state index is 12.0. The van der Waals surface area contributed by atoms with Crippen molar-refractivity contribution in [1.82, 2.24) is 16.2 Å². The third kappa shape index (κ3) is 1.29. The standard InChI is InChI=1S/C3H6FN5/c4-9-6-2-1-3(7-5)8-9/h1-2,6H,5H2,(H,7,8). The van der Waals surface area contributed by atoms with E-state index in [4.69, 9.17) is 5.84 Å². The van der Waals surface area contributed by atoms with Gasteiger partial charge in [-0.25, -0.2) is 0 Å². The van der Waals surface area contributed by atoms with Crippen LogP contribution in [-0.2, 0) is 0 Å². The Bertz CT molecular complexity index is 152.